The molecule has 1 aliphatic heterocycles. The monoisotopic (exact) mass is 600 g/mol. The number of hydrogen-bond acceptors (Lipinski definition) is 8. The zero-order chi connectivity index (χ0) is 26.7. The Kier molecular flexibility index (Phi) is 12.7. The van der Waals surface area contributed by atoms with Crippen molar-refractivity contribution in [3.63, 3.8) is 0 Å². The number of methoxy groups -OCH3 is 1. The van der Waals surface area contributed by atoms with Gasteiger partial charge in [0.2, 0.25) is 0 Å². The number of halogens is 1. The van der Waals surface area contributed by atoms with Crippen LogP contribution in [0.15, 0.2) is 21.5 Å². The highest BCUT2D eigenvalue weighted by atomic mass is 79.9. The van der Waals surface area contributed by atoms with E-state index in [2.05, 4.69) is 15.9 Å². The number of benzene rings is 1. The molecule has 0 aliphatic carbocycles. The van der Waals surface area contributed by atoms with E-state index in [9.17, 15) is 14.4 Å². The van der Waals surface area contributed by atoms with E-state index in [-0.39, 0.29) is 24.4 Å². The van der Waals surface area contributed by atoms with Crippen LogP contribution in [0.1, 0.15) is 52.0 Å². The van der Waals surface area contributed by atoms with Crippen molar-refractivity contribution in [3.05, 3.63) is 27.1 Å². The van der Waals surface area contributed by atoms with E-state index in [4.69, 9.17) is 26.4 Å². The van der Waals surface area contributed by atoms with Gasteiger partial charge in [-0.15, -0.1) is 0 Å². The second-order valence-electron chi connectivity index (χ2n) is 7.84. The van der Waals surface area contributed by atoms with Crippen LogP contribution in [0, 0.1) is 0 Å². The van der Waals surface area contributed by atoms with E-state index in [1.54, 1.807) is 28.9 Å². The van der Waals surface area contributed by atoms with Crippen molar-refractivity contribution in [2.24, 2.45) is 0 Å². The van der Waals surface area contributed by atoms with Crippen molar-refractivity contribution in [2.45, 2.75) is 46.5 Å². The maximum absolute atomic E-state index is 12.9. The van der Waals surface area contributed by atoms with E-state index < -0.39 is 0 Å². The molecule has 11 heteroatoms. The van der Waals surface area contributed by atoms with Gasteiger partial charge in [0.25, 0.3) is 11.8 Å². The number of thiocarbonyl (C=S) groups is 1. The lowest BCUT2D eigenvalue weighted by Crippen LogP contribution is -2.34. The molecule has 1 saturated heterocycles. The predicted molar refractivity (Wildman–Crippen MR) is 149 cm³/mol. The van der Waals surface area contributed by atoms with Crippen LogP contribution >= 0.6 is 39.9 Å². The van der Waals surface area contributed by atoms with Crippen LogP contribution in [-0.4, -0.2) is 71.9 Å². The van der Waals surface area contributed by atoms with Crippen molar-refractivity contribution in [1.82, 2.24) is 9.80 Å². The Morgan fingerprint density at radius 3 is 2.53 bits per heavy atom. The average Bonchev–Trinajstić information content (AvgIpc) is 3.10. The van der Waals surface area contributed by atoms with Gasteiger partial charge in [-0.3, -0.25) is 19.3 Å². The molecule has 1 aromatic carbocycles. The first-order valence-electron chi connectivity index (χ1n) is 11.9. The fourth-order valence-electron chi connectivity index (χ4n) is 3.56. The Balaban J connectivity index is 2.03. The minimum atomic E-state index is -0.195. The number of rotatable bonds is 14. The van der Waals surface area contributed by atoms with E-state index >= 15 is 0 Å². The lowest BCUT2D eigenvalue weighted by atomic mass is 10.1. The number of amides is 2. The molecule has 1 fully saturated rings. The third-order valence-electron chi connectivity index (χ3n) is 5.45. The Morgan fingerprint density at radius 2 is 1.89 bits per heavy atom. The Hall–Kier alpha value is -2.11. The molecule has 2 rings (SSSR count). The van der Waals surface area contributed by atoms with Crippen molar-refractivity contribution in [2.75, 3.05) is 40.0 Å². The average molecular weight is 602 g/mol. The molecule has 8 nitrogen and oxygen atoms in total. The summed E-state index contributed by atoms with van der Waals surface area (Å²) in [6.07, 6.45) is 4.41. The maximum atomic E-state index is 12.9. The quantitative estimate of drug-likeness (QED) is 0.127. The number of carbonyl (C=O) groups excluding carboxylic acids is 3. The highest BCUT2D eigenvalue weighted by molar-refractivity contribution is 9.10. The highest BCUT2D eigenvalue weighted by Crippen LogP contribution is 2.39. The maximum Gasteiger partial charge on any atom is 0.305 e. The van der Waals surface area contributed by atoms with Gasteiger partial charge in [-0.1, -0.05) is 30.4 Å². The van der Waals surface area contributed by atoms with Gasteiger partial charge >= 0.3 is 5.97 Å². The molecule has 36 heavy (non-hydrogen) atoms. The number of likely N-dealkylation sites (N-methyl/N-ethyl adjacent to an activating group) is 1. The van der Waals surface area contributed by atoms with E-state index in [1.165, 1.54) is 18.9 Å². The molecule has 0 bridgehead atoms. The van der Waals surface area contributed by atoms with Crippen LogP contribution < -0.4 is 9.47 Å². The standard InChI is InChI=1S/C25H33BrN2O6S2/c1-5-27(6-2)21(29)16-34-23-18(26)13-17(14-19(23)32-4)15-20-24(31)28(25(35)36-20)12-10-8-9-11-22(30)33-7-3/h13-15H,5-12,16H2,1-4H3/b20-15+. The third kappa shape index (κ3) is 8.48. The van der Waals surface area contributed by atoms with Crippen molar-refractivity contribution < 1.29 is 28.6 Å². The number of thioether (sulfide) groups is 1. The summed E-state index contributed by atoms with van der Waals surface area (Å²) < 4.78 is 17.3. The molecule has 0 unspecified atom stereocenters. The molecular weight excluding hydrogens is 568 g/mol. The number of ether oxygens (including phenoxy) is 3. The van der Waals surface area contributed by atoms with Crippen LogP contribution in [0.4, 0.5) is 0 Å². The fraction of sp³-hybridized carbons (Fsp3) is 0.520. The topological polar surface area (TPSA) is 85.4 Å². The lowest BCUT2D eigenvalue weighted by Gasteiger charge is -2.20. The van der Waals surface area contributed by atoms with Crippen LogP contribution in [0.2, 0.25) is 0 Å². The van der Waals surface area contributed by atoms with E-state index in [0.717, 1.165) is 18.4 Å². The molecule has 0 atom stereocenters. The summed E-state index contributed by atoms with van der Waals surface area (Å²) in [7, 11) is 1.52. The Morgan fingerprint density at radius 1 is 1.17 bits per heavy atom. The first kappa shape index (κ1) is 30.1. The molecule has 0 spiro atoms. The SMILES string of the molecule is CCOC(=O)CCCCCN1C(=O)/C(=C\c2cc(Br)c(OCC(=O)N(CC)CC)c(OC)c2)SC1=S. The number of esters is 1. The number of unbranched alkanes of at least 4 members (excludes halogenated alkanes) is 2. The van der Waals surface area contributed by atoms with Gasteiger partial charge in [-0.2, -0.15) is 0 Å². The Bertz CT molecular complexity index is 997. The summed E-state index contributed by atoms with van der Waals surface area (Å²) in [6, 6.07) is 3.56. The molecular formula is C25H33BrN2O6S2. The summed E-state index contributed by atoms with van der Waals surface area (Å²) in [5, 5.41) is 0. The van der Waals surface area contributed by atoms with E-state index in [1.807, 2.05) is 19.9 Å². The van der Waals surface area contributed by atoms with E-state index in [0.29, 0.717) is 64.3 Å². The molecule has 1 aliphatic rings. The normalized spacial score (nSPS) is 14.4. The second kappa shape index (κ2) is 15.2. The lowest BCUT2D eigenvalue weighted by molar-refractivity contribution is -0.143. The molecule has 198 valence electrons. The predicted octanol–water partition coefficient (Wildman–Crippen LogP) is 5.03. The summed E-state index contributed by atoms with van der Waals surface area (Å²) in [5.74, 6) is 0.420. The third-order valence-corrected chi connectivity index (χ3v) is 7.41. The summed E-state index contributed by atoms with van der Waals surface area (Å²) in [4.78, 5) is 40.5. The van der Waals surface area contributed by atoms with Gasteiger partial charge in [-0.05, 0) is 73.3 Å². The minimum Gasteiger partial charge on any atom is -0.493 e. The number of carbonyl (C=O) groups is 3. The summed E-state index contributed by atoms with van der Waals surface area (Å²) in [6.45, 7) is 7.64. The van der Waals surface area contributed by atoms with Gasteiger partial charge in [0.15, 0.2) is 18.1 Å². The summed E-state index contributed by atoms with van der Waals surface area (Å²) >= 11 is 10.2. The van der Waals surface area contributed by atoms with Gasteiger partial charge in [-0.25, -0.2) is 0 Å². The van der Waals surface area contributed by atoms with Gasteiger partial charge in [0.1, 0.15) is 4.32 Å². The smallest absolute Gasteiger partial charge is 0.305 e. The molecule has 2 amide bonds. The number of nitrogens with zero attached hydrogens (tertiary/aromatic N) is 2. The molecule has 0 radical (unpaired) electrons. The van der Waals surface area contributed by atoms with Gasteiger partial charge in [0, 0.05) is 26.1 Å². The molecule has 0 saturated carbocycles. The van der Waals surface area contributed by atoms with Crippen LogP contribution in [0.3, 0.4) is 0 Å². The first-order chi connectivity index (χ1) is 17.2. The molecule has 0 aromatic heterocycles. The molecule has 0 N–H and O–H groups in total. The Labute approximate surface area is 230 Å². The first-order valence-corrected chi connectivity index (χ1v) is 14.0. The largest absolute Gasteiger partial charge is 0.493 e. The van der Waals surface area contributed by atoms with Gasteiger partial charge in [0.05, 0.1) is 23.1 Å². The molecule has 1 heterocycles. The van der Waals surface area contributed by atoms with Crippen molar-refractivity contribution >= 4 is 68.1 Å². The highest BCUT2D eigenvalue weighted by Gasteiger charge is 2.31. The number of hydrogen-bond donors (Lipinski definition) is 0. The second-order valence-corrected chi connectivity index (χ2v) is 10.4. The fourth-order valence-corrected chi connectivity index (χ4v) is 5.44. The van der Waals surface area contributed by atoms with Crippen LogP contribution in [0.5, 0.6) is 11.5 Å². The summed E-state index contributed by atoms with van der Waals surface area (Å²) in [5.41, 5.74) is 0.732. The van der Waals surface area contributed by atoms with Crippen LogP contribution in [-0.2, 0) is 19.1 Å². The zero-order valence-corrected chi connectivity index (χ0v) is 24.4. The van der Waals surface area contributed by atoms with Crippen molar-refractivity contribution in [1.29, 1.82) is 0 Å². The van der Waals surface area contributed by atoms with Gasteiger partial charge < -0.3 is 19.1 Å². The van der Waals surface area contributed by atoms with Crippen LogP contribution in [0.25, 0.3) is 6.08 Å². The van der Waals surface area contributed by atoms with Crippen molar-refractivity contribution in [3.8, 4) is 11.5 Å². The molecule has 1 aromatic rings. The minimum absolute atomic E-state index is 0.103. The zero-order valence-electron chi connectivity index (χ0n) is 21.1.